The second-order valence-electron chi connectivity index (χ2n) is 4.27. The Morgan fingerprint density at radius 2 is 1.85 bits per heavy atom. The zero-order chi connectivity index (χ0) is 10.6. The molecule has 0 aliphatic rings. The van der Waals surface area contributed by atoms with Crippen molar-refractivity contribution in [3.8, 4) is 0 Å². The number of aliphatic hydroxyl groups excluding tert-OH is 1. The lowest BCUT2D eigenvalue weighted by molar-refractivity contribution is 0.0868. The van der Waals surface area contributed by atoms with Crippen LogP contribution >= 0.6 is 0 Å². The van der Waals surface area contributed by atoms with Crippen molar-refractivity contribution in [2.75, 3.05) is 0 Å². The molecule has 0 rings (SSSR count). The summed E-state index contributed by atoms with van der Waals surface area (Å²) < 4.78 is 0. The van der Waals surface area contributed by atoms with Gasteiger partial charge in [0.25, 0.3) is 0 Å². The van der Waals surface area contributed by atoms with Gasteiger partial charge >= 0.3 is 0 Å². The molecular formula is C11H23NO. The molecule has 13 heavy (non-hydrogen) atoms. The molecule has 0 fully saturated rings. The Bertz CT molecular complexity index is 165. The van der Waals surface area contributed by atoms with Crippen LogP contribution in [0.3, 0.4) is 0 Å². The molecule has 0 saturated carbocycles. The highest BCUT2D eigenvalue weighted by Crippen LogP contribution is 2.19. The van der Waals surface area contributed by atoms with E-state index in [0.29, 0.717) is 5.92 Å². The van der Waals surface area contributed by atoms with Crippen molar-refractivity contribution >= 4 is 0 Å². The molecule has 0 amide bonds. The van der Waals surface area contributed by atoms with Gasteiger partial charge < -0.3 is 10.8 Å². The van der Waals surface area contributed by atoms with Crippen molar-refractivity contribution < 1.29 is 5.11 Å². The lowest BCUT2D eigenvalue weighted by Crippen LogP contribution is -2.34. The first-order valence-electron chi connectivity index (χ1n) is 4.95. The maximum Gasteiger partial charge on any atom is 0.0586 e. The van der Waals surface area contributed by atoms with Gasteiger partial charge in [0.2, 0.25) is 0 Å². The fourth-order valence-electron chi connectivity index (χ4n) is 1.13. The van der Waals surface area contributed by atoms with Gasteiger partial charge in [0.05, 0.1) is 6.10 Å². The van der Waals surface area contributed by atoms with Crippen molar-refractivity contribution in [1.29, 1.82) is 0 Å². The van der Waals surface area contributed by atoms with Crippen LogP contribution in [0.1, 0.15) is 34.1 Å². The zero-order valence-corrected chi connectivity index (χ0v) is 9.25. The van der Waals surface area contributed by atoms with Crippen molar-refractivity contribution in [2.45, 2.75) is 46.3 Å². The van der Waals surface area contributed by atoms with Crippen molar-refractivity contribution in [2.24, 2.45) is 17.6 Å². The summed E-state index contributed by atoms with van der Waals surface area (Å²) in [4.78, 5) is 0. The molecule has 4 unspecified atom stereocenters. The third-order valence-corrected chi connectivity index (χ3v) is 2.87. The predicted octanol–water partition coefficient (Wildman–Crippen LogP) is 1.93. The number of nitrogens with two attached hydrogens (primary N) is 1. The lowest BCUT2D eigenvalue weighted by atomic mass is 9.88. The van der Waals surface area contributed by atoms with Crippen molar-refractivity contribution in [3.63, 3.8) is 0 Å². The highest BCUT2D eigenvalue weighted by Gasteiger charge is 2.20. The molecule has 3 N–H and O–H groups in total. The summed E-state index contributed by atoms with van der Waals surface area (Å²) in [6.07, 6.45) is 0.449. The molecule has 0 aromatic rings. The van der Waals surface area contributed by atoms with Gasteiger partial charge in [0.1, 0.15) is 0 Å². The van der Waals surface area contributed by atoms with Crippen LogP contribution in [0.15, 0.2) is 12.2 Å². The van der Waals surface area contributed by atoms with E-state index >= 15 is 0 Å². The van der Waals surface area contributed by atoms with E-state index in [0.717, 1.165) is 12.0 Å². The molecule has 0 aliphatic heterocycles. The largest absolute Gasteiger partial charge is 0.393 e. The normalized spacial score (nSPS) is 20.5. The van der Waals surface area contributed by atoms with Gasteiger partial charge in [0.15, 0.2) is 0 Å². The molecule has 2 nitrogen and oxygen atoms in total. The maximum atomic E-state index is 9.79. The van der Waals surface area contributed by atoms with Crippen LogP contribution in [-0.2, 0) is 0 Å². The van der Waals surface area contributed by atoms with Crippen LogP contribution in [0.2, 0.25) is 0 Å². The lowest BCUT2D eigenvalue weighted by Gasteiger charge is -2.24. The molecular weight excluding hydrogens is 162 g/mol. The zero-order valence-electron chi connectivity index (χ0n) is 9.25. The van der Waals surface area contributed by atoms with E-state index in [9.17, 15) is 5.11 Å². The Balaban J connectivity index is 3.99. The monoisotopic (exact) mass is 185 g/mol. The highest BCUT2D eigenvalue weighted by molar-refractivity contribution is 4.95. The molecule has 0 bridgehead atoms. The summed E-state index contributed by atoms with van der Waals surface area (Å²) in [7, 11) is 0. The standard InChI is InChI=1S/C11H23NO/c1-7(2)8(3)6-11(13)9(4)10(5)12/h8-11,13H,1,6,12H2,2-5H3. The molecule has 0 aromatic carbocycles. The maximum absolute atomic E-state index is 9.79. The molecule has 4 atom stereocenters. The van der Waals surface area contributed by atoms with Gasteiger partial charge in [-0.3, -0.25) is 0 Å². The molecule has 0 aliphatic carbocycles. The quantitative estimate of drug-likeness (QED) is 0.643. The van der Waals surface area contributed by atoms with Crippen molar-refractivity contribution in [1.82, 2.24) is 0 Å². The van der Waals surface area contributed by atoms with Gasteiger partial charge in [0, 0.05) is 6.04 Å². The fraction of sp³-hybridized carbons (Fsp3) is 0.818. The van der Waals surface area contributed by atoms with E-state index < -0.39 is 0 Å². The first-order chi connectivity index (χ1) is 5.86. The van der Waals surface area contributed by atoms with E-state index in [-0.39, 0.29) is 18.1 Å². The summed E-state index contributed by atoms with van der Waals surface area (Å²) in [6, 6.07) is 0.0484. The third kappa shape index (κ3) is 4.44. The Morgan fingerprint density at radius 1 is 1.38 bits per heavy atom. The summed E-state index contributed by atoms with van der Waals surface area (Å²) in [5.41, 5.74) is 6.83. The minimum absolute atomic E-state index is 0.0484. The van der Waals surface area contributed by atoms with Crippen LogP contribution in [0, 0.1) is 11.8 Å². The molecule has 0 radical (unpaired) electrons. The molecule has 0 heterocycles. The second-order valence-corrected chi connectivity index (χ2v) is 4.27. The SMILES string of the molecule is C=C(C)C(C)CC(O)C(C)C(C)N. The third-order valence-electron chi connectivity index (χ3n) is 2.87. The van der Waals surface area contributed by atoms with Gasteiger partial charge in [-0.15, -0.1) is 0 Å². The highest BCUT2D eigenvalue weighted by atomic mass is 16.3. The van der Waals surface area contributed by atoms with E-state index in [1.54, 1.807) is 0 Å². The molecule has 78 valence electrons. The Morgan fingerprint density at radius 3 is 2.15 bits per heavy atom. The number of hydrogen-bond donors (Lipinski definition) is 2. The van der Waals surface area contributed by atoms with E-state index in [4.69, 9.17) is 5.73 Å². The minimum Gasteiger partial charge on any atom is -0.393 e. The van der Waals surface area contributed by atoms with Crippen molar-refractivity contribution in [3.05, 3.63) is 12.2 Å². The number of rotatable bonds is 5. The summed E-state index contributed by atoms with van der Waals surface area (Å²) >= 11 is 0. The Labute approximate surface area is 81.8 Å². The molecule has 0 aromatic heterocycles. The summed E-state index contributed by atoms with van der Waals surface area (Å²) in [5, 5.41) is 9.79. The average Bonchev–Trinajstić information content (AvgIpc) is 2.02. The van der Waals surface area contributed by atoms with Crippen LogP contribution in [0.25, 0.3) is 0 Å². The van der Waals surface area contributed by atoms with E-state index in [1.165, 1.54) is 0 Å². The van der Waals surface area contributed by atoms with Crippen LogP contribution in [-0.4, -0.2) is 17.3 Å². The summed E-state index contributed by atoms with van der Waals surface area (Å²) in [6.45, 7) is 11.9. The van der Waals surface area contributed by atoms with Gasteiger partial charge in [-0.25, -0.2) is 0 Å². The minimum atomic E-state index is -0.313. The topological polar surface area (TPSA) is 46.2 Å². The average molecular weight is 185 g/mol. The predicted molar refractivity (Wildman–Crippen MR) is 57.4 cm³/mol. The van der Waals surface area contributed by atoms with Gasteiger partial charge in [-0.2, -0.15) is 0 Å². The number of hydrogen-bond acceptors (Lipinski definition) is 2. The number of aliphatic hydroxyl groups is 1. The summed E-state index contributed by atoms with van der Waals surface area (Å²) in [5.74, 6) is 0.526. The van der Waals surface area contributed by atoms with Crippen LogP contribution < -0.4 is 5.73 Å². The van der Waals surface area contributed by atoms with E-state index in [1.807, 2.05) is 20.8 Å². The van der Waals surface area contributed by atoms with E-state index in [2.05, 4.69) is 13.5 Å². The molecule has 0 saturated heterocycles. The van der Waals surface area contributed by atoms with Gasteiger partial charge in [-0.05, 0) is 32.1 Å². The Kier molecular flexibility index (Phi) is 5.26. The second kappa shape index (κ2) is 5.40. The first-order valence-corrected chi connectivity index (χ1v) is 4.95. The number of allylic oxidation sites excluding steroid dienone is 1. The smallest absolute Gasteiger partial charge is 0.0586 e. The molecule has 2 heteroatoms. The van der Waals surface area contributed by atoms with Crippen LogP contribution in [0.5, 0.6) is 0 Å². The van der Waals surface area contributed by atoms with Gasteiger partial charge in [-0.1, -0.05) is 26.0 Å². The molecule has 0 spiro atoms. The Hall–Kier alpha value is -0.340. The first kappa shape index (κ1) is 12.7. The fourth-order valence-corrected chi connectivity index (χ4v) is 1.13. The van der Waals surface area contributed by atoms with Crippen LogP contribution in [0.4, 0.5) is 0 Å².